The van der Waals surface area contributed by atoms with Gasteiger partial charge in [0.15, 0.2) is 0 Å². The number of carbonyl (C=O) groups excluding carboxylic acids is 1. The smallest absolute Gasteiger partial charge is 0.281 e. The summed E-state index contributed by atoms with van der Waals surface area (Å²) in [5.41, 5.74) is 2.80. The van der Waals surface area contributed by atoms with Gasteiger partial charge in [0.25, 0.3) is 5.56 Å². The van der Waals surface area contributed by atoms with Crippen molar-refractivity contribution in [3.8, 4) is 11.4 Å². The van der Waals surface area contributed by atoms with E-state index >= 15 is 0 Å². The highest BCUT2D eigenvalue weighted by Crippen LogP contribution is 2.28. The Morgan fingerprint density at radius 1 is 1.06 bits per heavy atom. The van der Waals surface area contributed by atoms with Crippen molar-refractivity contribution in [1.82, 2.24) is 14.3 Å². The predicted molar refractivity (Wildman–Crippen MR) is 126 cm³/mol. The summed E-state index contributed by atoms with van der Waals surface area (Å²) in [6.45, 7) is 5.77. The maximum atomic E-state index is 13.3. The van der Waals surface area contributed by atoms with Gasteiger partial charge in [-0.25, -0.2) is 0 Å². The van der Waals surface area contributed by atoms with Crippen LogP contribution in [0.4, 0.5) is 5.69 Å². The van der Waals surface area contributed by atoms with Crippen molar-refractivity contribution in [2.45, 2.75) is 33.2 Å². The molecule has 0 spiro atoms. The molecule has 2 heterocycles. The van der Waals surface area contributed by atoms with Crippen LogP contribution in [0.1, 0.15) is 30.8 Å². The molecule has 1 atom stereocenters. The Labute approximate surface area is 186 Å². The van der Waals surface area contributed by atoms with Gasteiger partial charge in [-0.3, -0.25) is 9.59 Å². The van der Waals surface area contributed by atoms with Crippen molar-refractivity contribution in [2.75, 3.05) is 12.4 Å². The summed E-state index contributed by atoms with van der Waals surface area (Å²) in [5.74, 6) is 0.584. The lowest BCUT2D eigenvalue weighted by atomic mass is 10.1. The molecule has 0 unspecified atom stereocenters. The number of aromatic nitrogens is 3. The number of aryl methyl sites for hydroxylation is 2. The summed E-state index contributed by atoms with van der Waals surface area (Å²) in [7, 11) is 1.60. The Morgan fingerprint density at radius 2 is 1.75 bits per heavy atom. The van der Waals surface area contributed by atoms with Crippen LogP contribution in [0, 0.1) is 13.8 Å². The summed E-state index contributed by atoms with van der Waals surface area (Å²) < 4.78 is 8.52. The second-order valence-corrected chi connectivity index (χ2v) is 7.67. The van der Waals surface area contributed by atoms with Crippen LogP contribution in [-0.4, -0.2) is 27.4 Å². The monoisotopic (exact) mass is 430 g/mol. The van der Waals surface area contributed by atoms with E-state index in [2.05, 4.69) is 10.4 Å². The molecule has 0 saturated heterocycles. The van der Waals surface area contributed by atoms with Crippen LogP contribution in [0.5, 0.6) is 5.75 Å². The first kappa shape index (κ1) is 21.4. The van der Waals surface area contributed by atoms with E-state index < -0.39 is 6.04 Å². The van der Waals surface area contributed by atoms with E-state index in [-0.39, 0.29) is 11.5 Å². The number of hydrogen-bond donors (Lipinski definition) is 1. The Kier molecular flexibility index (Phi) is 5.81. The highest BCUT2D eigenvalue weighted by molar-refractivity contribution is 5.95. The van der Waals surface area contributed by atoms with E-state index in [1.165, 1.54) is 4.68 Å². The third-order valence-electron chi connectivity index (χ3n) is 5.81. The average molecular weight is 431 g/mol. The SMILES string of the molecule is CC[C@@H](C(=O)Nc1ccc(OC)cc1)n1c(C)c2cnn(-c3ccccc3)c(=O)c2c1C. The van der Waals surface area contributed by atoms with E-state index in [0.29, 0.717) is 23.2 Å². The highest BCUT2D eigenvalue weighted by atomic mass is 16.5. The number of ether oxygens (including phenoxy) is 1. The van der Waals surface area contributed by atoms with Gasteiger partial charge < -0.3 is 14.6 Å². The second kappa shape index (κ2) is 8.70. The molecule has 4 aromatic rings. The molecule has 1 amide bonds. The number of methoxy groups -OCH3 is 1. The number of anilines is 1. The van der Waals surface area contributed by atoms with E-state index in [1.54, 1.807) is 37.6 Å². The Bertz CT molecular complexity index is 1320. The number of hydrogen-bond acceptors (Lipinski definition) is 4. The Hall–Kier alpha value is -3.87. The van der Waals surface area contributed by atoms with Crippen LogP contribution in [0.2, 0.25) is 0 Å². The maximum absolute atomic E-state index is 13.3. The maximum Gasteiger partial charge on any atom is 0.281 e. The largest absolute Gasteiger partial charge is 0.497 e. The number of fused-ring (bicyclic) bond motifs is 1. The van der Waals surface area contributed by atoms with Crippen LogP contribution >= 0.6 is 0 Å². The van der Waals surface area contributed by atoms with Gasteiger partial charge in [-0.2, -0.15) is 9.78 Å². The quantitative estimate of drug-likeness (QED) is 0.492. The fourth-order valence-corrected chi connectivity index (χ4v) is 4.19. The number of nitrogens with zero attached hydrogens (tertiary/aromatic N) is 3. The highest BCUT2D eigenvalue weighted by Gasteiger charge is 2.25. The van der Waals surface area contributed by atoms with Crippen molar-refractivity contribution in [2.24, 2.45) is 0 Å². The van der Waals surface area contributed by atoms with E-state index in [9.17, 15) is 9.59 Å². The van der Waals surface area contributed by atoms with Crippen LogP contribution in [0.3, 0.4) is 0 Å². The first-order chi connectivity index (χ1) is 15.5. The van der Waals surface area contributed by atoms with Crippen LogP contribution in [-0.2, 0) is 4.79 Å². The molecule has 0 bridgehead atoms. The van der Waals surface area contributed by atoms with E-state index in [4.69, 9.17) is 4.74 Å². The number of amides is 1. The minimum Gasteiger partial charge on any atom is -0.497 e. The van der Waals surface area contributed by atoms with Gasteiger partial charge in [0, 0.05) is 22.5 Å². The molecule has 0 aliphatic heterocycles. The van der Waals surface area contributed by atoms with Crippen LogP contribution in [0.25, 0.3) is 16.5 Å². The molecule has 2 aromatic carbocycles. The molecule has 0 aliphatic carbocycles. The predicted octanol–water partition coefficient (Wildman–Crippen LogP) is 4.40. The van der Waals surface area contributed by atoms with Crippen LogP contribution in [0.15, 0.2) is 65.6 Å². The third kappa shape index (κ3) is 3.66. The minimum absolute atomic E-state index is 0.138. The molecule has 164 valence electrons. The molecule has 4 rings (SSSR count). The molecule has 7 nitrogen and oxygen atoms in total. The zero-order chi connectivity index (χ0) is 22.8. The van der Waals surface area contributed by atoms with Crippen molar-refractivity contribution in [3.05, 3.63) is 82.5 Å². The van der Waals surface area contributed by atoms with Gasteiger partial charge in [0.2, 0.25) is 5.91 Å². The van der Waals surface area contributed by atoms with E-state index in [0.717, 1.165) is 22.5 Å². The number of para-hydroxylation sites is 1. The Balaban J connectivity index is 1.75. The summed E-state index contributed by atoms with van der Waals surface area (Å²) >= 11 is 0. The standard InChI is InChI=1S/C25H26N4O3/c1-5-22(24(30)27-18-11-13-20(32-4)14-12-18)28-16(2)21-15-26-29(19-9-7-6-8-10-19)25(31)23(21)17(28)3/h6-15,22H,5H2,1-4H3,(H,27,30)/t22-/m0/s1. The normalized spacial score (nSPS) is 12.0. The first-order valence-electron chi connectivity index (χ1n) is 10.6. The molecule has 0 saturated carbocycles. The summed E-state index contributed by atoms with van der Waals surface area (Å²) in [6, 6.07) is 16.1. The lowest BCUT2D eigenvalue weighted by Crippen LogP contribution is -2.27. The average Bonchev–Trinajstić information content (AvgIpc) is 3.06. The molecule has 0 aliphatic rings. The fourth-order valence-electron chi connectivity index (χ4n) is 4.19. The topological polar surface area (TPSA) is 78.2 Å². The van der Waals surface area contributed by atoms with Crippen molar-refractivity contribution in [1.29, 1.82) is 0 Å². The molecular formula is C25H26N4O3. The van der Waals surface area contributed by atoms with Gasteiger partial charge in [-0.15, -0.1) is 0 Å². The lowest BCUT2D eigenvalue weighted by molar-refractivity contribution is -0.119. The van der Waals surface area contributed by atoms with Crippen molar-refractivity contribution >= 4 is 22.4 Å². The molecule has 32 heavy (non-hydrogen) atoms. The molecular weight excluding hydrogens is 404 g/mol. The first-order valence-corrected chi connectivity index (χ1v) is 10.6. The van der Waals surface area contributed by atoms with Crippen molar-refractivity contribution < 1.29 is 9.53 Å². The molecule has 0 fully saturated rings. The summed E-state index contributed by atoms with van der Waals surface area (Å²) in [6.07, 6.45) is 2.28. The molecule has 1 N–H and O–H groups in total. The van der Waals surface area contributed by atoms with Gasteiger partial charge in [-0.05, 0) is 56.7 Å². The number of benzene rings is 2. The van der Waals surface area contributed by atoms with Gasteiger partial charge in [0.05, 0.1) is 24.4 Å². The molecule has 2 aromatic heterocycles. The lowest BCUT2D eigenvalue weighted by Gasteiger charge is -2.21. The fraction of sp³-hybridized carbons (Fsp3) is 0.240. The zero-order valence-electron chi connectivity index (χ0n) is 18.6. The molecule has 7 heteroatoms. The summed E-state index contributed by atoms with van der Waals surface area (Å²) in [5, 5.41) is 8.70. The third-order valence-corrected chi connectivity index (χ3v) is 5.81. The number of rotatable bonds is 6. The number of carbonyl (C=O) groups is 1. The van der Waals surface area contributed by atoms with Gasteiger partial charge >= 0.3 is 0 Å². The summed E-state index contributed by atoms with van der Waals surface area (Å²) in [4.78, 5) is 26.5. The minimum atomic E-state index is -0.464. The second-order valence-electron chi connectivity index (χ2n) is 7.67. The van der Waals surface area contributed by atoms with E-state index in [1.807, 2.05) is 55.7 Å². The van der Waals surface area contributed by atoms with Crippen LogP contribution < -0.4 is 15.6 Å². The van der Waals surface area contributed by atoms with Gasteiger partial charge in [0.1, 0.15) is 11.8 Å². The van der Waals surface area contributed by atoms with Crippen molar-refractivity contribution in [3.63, 3.8) is 0 Å². The number of nitrogens with one attached hydrogen (secondary N) is 1. The zero-order valence-corrected chi connectivity index (χ0v) is 18.6. The molecule has 0 radical (unpaired) electrons. The Morgan fingerprint density at radius 3 is 2.38 bits per heavy atom. The van der Waals surface area contributed by atoms with Gasteiger partial charge in [-0.1, -0.05) is 25.1 Å².